The summed E-state index contributed by atoms with van der Waals surface area (Å²) in [5.41, 5.74) is 3.23. The summed E-state index contributed by atoms with van der Waals surface area (Å²) in [5.74, 6) is 0. The lowest BCUT2D eigenvalue weighted by Gasteiger charge is -2.44. The number of benzene rings is 2. The van der Waals surface area contributed by atoms with Gasteiger partial charge < -0.3 is 14.0 Å². The molecule has 1 aromatic heterocycles. The molecule has 0 unspecified atom stereocenters. The van der Waals surface area contributed by atoms with Gasteiger partial charge in [0.15, 0.2) is 0 Å². The summed E-state index contributed by atoms with van der Waals surface area (Å²) >= 11 is 0. The molecule has 7 heteroatoms. The average Bonchev–Trinajstić information content (AvgIpc) is 3.33. The van der Waals surface area contributed by atoms with Crippen molar-refractivity contribution in [3.05, 3.63) is 59.9 Å². The van der Waals surface area contributed by atoms with Gasteiger partial charge in [-0.3, -0.25) is 4.90 Å². The number of carbonyl (C=O) groups is 1. The molecule has 2 heterocycles. The molecule has 7 nitrogen and oxygen atoms in total. The molecular weight excluding hydrogens is 404 g/mol. The van der Waals surface area contributed by atoms with E-state index in [1.54, 1.807) is 24.4 Å². The first-order valence-corrected chi connectivity index (χ1v) is 10.9. The van der Waals surface area contributed by atoms with Crippen LogP contribution in [0.4, 0.5) is 10.5 Å². The molecule has 5 rings (SSSR count). The quantitative estimate of drug-likeness (QED) is 0.606. The van der Waals surface area contributed by atoms with Crippen LogP contribution in [-0.2, 0) is 16.0 Å². The minimum absolute atomic E-state index is 0.294. The lowest BCUT2D eigenvalue weighted by molar-refractivity contribution is -0.113. The summed E-state index contributed by atoms with van der Waals surface area (Å²) in [7, 11) is 1.73. The second kappa shape index (κ2) is 7.64. The summed E-state index contributed by atoms with van der Waals surface area (Å²) in [6, 6.07) is 15.6. The highest BCUT2D eigenvalue weighted by molar-refractivity contribution is 5.91. The lowest BCUT2D eigenvalue weighted by atomic mass is 9.74. The zero-order chi connectivity index (χ0) is 22.3. The second-order valence-corrected chi connectivity index (χ2v) is 9.03. The predicted molar refractivity (Wildman–Crippen MR) is 120 cm³/mol. The van der Waals surface area contributed by atoms with Crippen molar-refractivity contribution in [2.75, 3.05) is 18.6 Å². The molecule has 0 bridgehead atoms. The summed E-state index contributed by atoms with van der Waals surface area (Å²) in [4.78, 5) is 19.1. The molecule has 3 aromatic rings. The van der Waals surface area contributed by atoms with Gasteiger partial charge >= 0.3 is 6.09 Å². The van der Waals surface area contributed by atoms with E-state index in [0.29, 0.717) is 25.1 Å². The van der Waals surface area contributed by atoms with Crippen LogP contribution >= 0.6 is 0 Å². The number of aromatic nitrogens is 2. The minimum atomic E-state index is -0.582. The molecule has 0 radical (unpaired) electrons. The van der Waals surface area contributed by atoms with Gasteiger partial charge in [0.25, 0.3) is 0 Å². The summed E-state index contributed by atoms with van der Waals surface area (Å²) in [5, 5.41) is 9.29. The van der Waals surface area contributed by atoms with Crippen LogP contribution in [0.1, 0.15) is 36.8 Å². The van der Waals surface area contributed by atoms with Gasteiger partial charge in [-0.2, -0.15) is 5.26 Å². The molecule has 32 heavy (non-hydrogen) atoms. The van der Waals surface area contributed by atoms with Crippen molar-refractivity contribution >= 4 is 22.8 Å². The van der Waals surface area contributed by atoms with E-state index < -0.39 is 11.2 Å². The molecule has 0 N–H and O–H groups in total. The SMILES string of the molecule is CO[C@]1(Cn2cnc3ccc(C#N)cc32)CCC[C@@]2(CN(c3ccccc3C)C(=O)O2)C1. The number of fused-ring (bicyclic) bond motifs is 1. The Kier molecular flexibility index (Phi) is 4.90. The van der Waals surface area contributed by atoms with Crippen LogP contribution in [0.25, 0.3) is 11.0 Å². The molecule has 1 amide bonds. The highest BCUT2D eigenvalue weighted by atomic mass is 16.6. The number of aryl methyl sites for hydroxylation is 1. The molecule has 1 spiro atoms. The fourth-order valence-electron chi connectivity index (χ4n) is 5.33. The van der Waals surface area contributed by atoms with E-state index in [-0.39, 0.29) is 6.09 Å². The van der Waals surface area contributed by atoms with Crippen molar-refractivity contribution < 1.29 is 14.3 Å². The lowest BCUT2D eigenvalue weighted by Crippen LogP contribution is -2.51. The van der Waals surface area contributed by atoms with Gasteiger partial charge in [0.2, 0.25) is 0 Å². The Hall–Kier alpha value is -3.37. The van der Waals surface area contributed by atoms with E-state index in [1.165, 1.54) is 0 Å². The fraction of sp³-hybridized carbons (Fsp3) is 0.400. The summed E-state index contributed by atoms with van der Waals surface area (Å²) < 4.78 is 14.2. The van der Waals surface area contributed by atoms with Gasteiger partial charge in [-0.1, -0.05) is 18.2 Å². The van der Waals surface area contributed by atoms with Crippen LogP contribution in [0, 0.1) is 18.3 Å². The van der Waals surface area contributed by atoms with Crippen LogP contribution in [0.3, 0.4) is 0 Å². The van der Waals surface area contributed by atoms with Crippen molar-refractivity contribution in [3.8, 4) is 6.07 Å². The topological polar surface area (TPSA) is 80.4 Å². The third kappa shape index (κ3) is 3.41. The Labute approximate surface area is 187 Å². The zero-order valence-electron chi connectivity index (χ0n) is 18.4. The Morgan fingerprint density at radius 2 is 2.09 bits per heavy atom. The highest BCUT2D eigenvalue weighted by Crippen LogP contribution is 2.45. The van der Waals surface area contributed by atoms with Gasteiger partial charge in [0, 0.05) is 13.5 Å². The van der Waals surface area contributed by atoms with Gasteiger partial charge in [-0.05, 0) is 56.0 Å². The summed E-state index contributed by atoms with van der Waals surface area (Å²) in [6.07, 6.45) is 4.70. The number of methoxy groups -OCH3 is 1. The second-order valence-electron chi connectivity index (χ2n) is 9.03. The van der Waals surface area contributed by atoms with Crippen molar-refractivity contribution in [1.29, 1.82) is 5.26 Å². The maximum atomic E-state index is 12.9. The first kappa shape index (κ1) is 20.5. The van der Waals surface area contributed by atoms with Crippen LogP contribution < -0.4 is 4.90 Å². The number of carbonyl (C=O) groups excluding carboxylic acids is 1. The van der Waals surface area contributed by atoms with E-state index in [0.717, 1.165) is 41.5 Å². The van der Waals surface area contributed by atoms with E-state index >= 15 is 0 Å². The van der Waals surface area contributed by atoms with Crippen molar-refractivity contribution in [1.82, 2.24) is 9.55 Å². The molecule has 2 aromatic carbocycles. The first-order valence-electron chi connectivity index (χ1n) is 10.9. The van der Waals surface area contributed by atoms with Gasteiger partial charge in [-0.25, -0.2) is 9.78 Å². The molecule has 1 aliphatic carbocycles. The zero-order valence-corrected chi connectivity index (χ0v) is 18.4. The van der Waals surface area contributed by atoms with Crippen LogP contribution in [0.5, 0.6) is 0 Å². The molecule has 1 saturated heterocycles. The molecule has 1 saturated carbocycles. The van der Waals surface area contributed by atoms with Crippen LogP contribution in [0.2, 0.25) is 0 Å². The molecule has 1 aliphatic heterocycles. The number of imidazole rings is 1. The predicted octanol–water partition coefficient (Wildman–Crippen LogP) is 4.57. The number of ether oxygens (including phenoxy) is 2. The van der Waals surface area contributed by atoms with E-state index in [1.807, 2.05) is 43.3 Å². The number of amides is 1. The number of nitriles is 1. The fourth-order valence-corrected chi connectivity index (χ4v) is 5.33. The van der Waals surface area contributed by atoms with E-state index in [9.17, 15) is 10.1 Å². The number of hydrogen-bond donors (Lipinski definition) is 0. The Bertz CT molecular complexity index is 1230. The van der Waals surface area contributed by atoms with E-state index in [2.05, 4.69) is 15.6 Å². The Balaban J connectivity index is 1.44. The van der Waals surface area contributed by atoms with Crippen molar-refractivity contribution in [2.45, 2.75) is 50.4 Å². The average molecular weight is 431 g/mol. The largest absolute Gasteiger partial charge is 0.441 e. The van der Waals surface area contributed by atoms with Crippen molar-refractivity contribution in [3.63, 3.8) is 0 Å². The molecular formula is C25H26N4O3. The third-order valence-corrected chi connectivity index (χ3v) is 6.93. The van der Waals surface area contributed by atoms with Crippen molar-refractivity contribution in [2.24, 2.45) is 0 Å². The monoisotopic (exact) mass is 430 g/mol. The highest BCUT2D eigenvalue weighted by Gasteiger charge is 2.53. The summed E-state index contributed by atoms with van der Waals surface area (Å²) in [6.45, 7) is 3.11. The van der Waals surface area contributed by atoms with Crippen LogP contribution in [0.15, 0.2) is 48.8 Å². The Morgan fingerprint density at radius 3 is 2.88 bits per heavy atom. The Morgan fingerprint density at radius 1 is 1.25 bits per heavy atom. The minimum Gasteiger partial charge on any atom is -0.441 e. The van der Waals surface area contributed by atoms with E-state index in [4.69, 9.17) is 9.47 Å². The molecule has 2 fully saturated rings. The standard InChI is InChI=1S/C25H26N4O3/c1-18-6-3-4-7-21(18)29-16-25(32-23(29)30)11-5-10-24(14-25,31-2)15-28-17-27-20-9-8-19(13-26)12-22(20)28/h3-4,6-9,12,17H,5,10-11,14-16H2,1-2H3/t24-,25+/m1/s1. The number of anilines is 1. The van der Waals surface area contributed by atoms with Gasteiger partial charge in [0.1, 0.15) is 5.60 Å². The van der Waals surface area contributed by atoms with Crippen LogP contribution in [-0.4, -0.2) is 40.5 Å². The van der Waals surface area contributed by atoms with Gasteiger partial charge in [-0.15, -0.1) is 0 Å². The number of nitrogens with zero attached hydrogens (tertiary/aromatic N) is 4. The van der Waals surface area contributed by atoms with Gasteiger partial charge in [0.05, 0.1) is 53.4 Å². The molecule has 164 valence electrons. The number of hydrogen-bond acceptors (Lipinski definition) is 5. The maximum Gasteiger partial charge on any atom is 0.415 e. The first-order chi connectivity index (χ1) is 15.5. The third-order valence-electron chi connectivity index (χ3n) is 6.93. The smallest absolute Gasteiger partial charge is 0.415 e. The number of para-hydroxylation sites is 1. The molecule has 2 aliphatic rings. The number of rotatable bonds is 4. The molecule has 2 atom stereocenters. The maximum absolute atomic E-state index is 12.9. The normalized spacial score (nSPS) is 25.3.